The Morgan fingerprint density at radius 1 is 1.08 bits per heavy atom. The van der Waals surface area contributed by atoms with Crippen LogP contribution in [0.5, 0.6) is 0 Å². The first-order valence-electron chi connectivity index (χ1n) is 8.51. The van der Waals surface area contributed by atoms with Gasteiger partial charge in [-0.2, -0.15) is 0 Å². The highest BCUT2D eigenvalue weighted by molar-refractivity contribution is 6.02. The first-order valence-corrected chi connectivity index (χ1v) is 8.51. The van der Waals surface area contributed by atoms with Crippen molar-refractivity contribution in [1.82, 2.24) is 4.98 Å². The highest BCUT2D eigenvalue weighted by Gasteiger charge is 2.14. The van der Waals surface area contributed by atoms with Gasteiger partial charge >= 0.3 is 0 Å². The largest absolute Gasteiger partial charge is 0.436 e. The molecule has 0 unspecified atom stereocenters. The molecule has 0 spiro atoms. The van der Waals surface area contributed by atoms with Crippen molar-refractivity contribution in [3.8, 4) is 11.5 Å². The SMILES string of the molecule is CCC/C(=N\C(C)(C)C)c1ccc2nc(-c3ccccc3)oc2c1. The summed E-state index contributed by atoms with van der Waals surface area (Å²) in [4.78, 5) is 9.49. The van der Waals surface area contributed by atoms with E-state index < -0.39 is 0 Å². The maximum atomic E-state index is 5.99. The van der Waals surface area contributed by atoms with Gasteiger partial charge in [0.2, 0.25) is 5.89 Å². The Labute approximate surface area is 143 Å². The average molecular weight is 320 g/mol. The van der Waals surface area contributed by atoms with Gasteiger partial charge in [-0.25, -0.2) is 4.98 Å². The molecule has 3 aromatic rings. The summed E-state index contributed by atoms with van der Waals surface area (Å²) in [6, 6.07) is 16.2. The average Bonchev–Trinajstić information content (AvgIpc) is 2.97. The summed E-state index contributed by atoms with van der Waals surface area (Å²) in [7, 11) is 0. The molecule has 0 saturated heterocycles. The molecule has 1 heterocycles. The van der Waals surface area contributed by atoms with Crippen LogP contribution in [0.4, 0.5) is 0 Å². The lowest BCUT2D eigenvalue weighted by atomic mass is 10.0. The van der Waals surface area contributed by atoms with Crippen molar-refractivity contribution in [3.63, 3.8) is 0 Å². The van der Waals surface area contributed by atoms with Crippen LogP contribution in [0.3, 0.4) is 0 Å². The molecule has 0 N–H and O–H groups in total. The predicted molar refractivity (Wildman–Crippen MR) is 101 cm³/mol. The topological polar surface area (TPSA) is 38.4 Å². The number of nitrogens with zero attached hydrogens (tertiary/aromatic N) is 2. The summed E-state index contributed by atoms with van der Waals surface area (Å²) in [6.07, 6.45) is 2.03. The standard InChI is InChI=1S/C21H24N2O/c1-5-9-17(23-21(2,3)4)16-12-13-18-19(14-16)24-20(22-18)15-10-7-6-8-11-15/h6-8,10-14H,5,9H2,1-4H3/b23-17+. The first kappa shape index (κ1) is 16.4. The Kier molecular flexibility index (Phi) is 4.52. The molecule has 1 aromatic heterocycles. The Hall–Kier alpha value is -2.42. The fourth-order valence-electron chi connectivity index (χ4n) is 2.71. The van der Waals surface area contributed by atoms with E-state index in [9.17, 15) is 0 Å². The zero-order valence-corrected chi connectivity index (χ0v) is 14.8. The molecule has 0 atom stereocenters. The summed E-state index contributed by atoms with van der Waals surface area (Å²) in [6.45, 7) is 8.56. The first-order chi connectivity index (χ1) is 11.5. The number of hydrogen-bond acceptors (Lipinski definition) is 3. The van der Waals surface area contributed by atoms with Crippen LogP contribution in [-0.4, -0.2) is 16.2 Å². The monoisotopic (exact) mass is 320 g/mol. The lowest BCUT2D eigenvalue weighted by Crippen LogP contribution is -2.15. The van der Waals surface area contributed by atoms with Gasteiger partial charge in [-0.05, 0) is 57.0 Å². The smallest absolute Gasteiger partial charge is 0.227 e. The summed E-state index contributed by atoms with van der Waals surface area (Å²) < 4.78 is 5.99. The fraction of sp³-hybridized carbons (Fsp3) is 0.333. The number of benzene rings is 2. The van der Waals surface area contributed by atoms with Crippen LogP contribution in [0.1, 0.15) is 46.1 Å². The summed E-state index contributed by atoms with van der Waals surface area (Å²) in [5.41, 5.74) is 4.84. The van der Waals surface area contributed by atoms with Crippen LogP contribution in [0.25, 0.3) is 22.6 Å². The van der Waals surface area contributed by atoms with Crippen molar-refractivity contribution in [1.29, 1.82) is 0 Å². The highest BCUT2D eigenvalue weighted by atomic mass is 16.3. The van der Waals surface area contributed by atoms with E-state index in [1.165, 1.54) is 0 Å². The van der Waals surface area contributed by atoms with E-state index in [0.717, 1.165) is 40.8 Å². The van der Waals surface area contributed by atoms with Gasteiger partial charge in [0, 0.05) is 11.3 Å². The van der Waals surface area contributed by atoms with Crippen LogP contribution in [0.2, 0.25) is 0 Å². The molecule has 0 aliphatic heterocycles. The molecule has 3 rings (SSSR count). The zero-order chi connectivity index (χ0) is 17.2. The molecule has 2 aromatic carbocycles. The minimum Gasteiger partial charge on any atom is -0.436 e. The van der Waals surface area contributed by atoms with Gasteiger partial charge in [-0.15, -0.1) is 0 Å². The fourth-order valence-corrected chi connectivity index (χ4v) is 2.71. The summed E-state index contributed by atoms with van der Waals surface area (Å²) >= 11 is 0. The predicted octanol–water partition coefficient (Wildman–Crippen LogP) is 5.88. The summed E-state index contributed by atoms with van der Waals surface area (Å²) in [5.74, 6) is 0.660. The van der Waals surface area contributed by atoms with Crippen LogP contribution >= 0.6 is 0 Å². The molecular formula is C21H24N2O. The van der Waals surface area contributed by atoms with E-state index >= 15 is 0 Å². The maximum Gasteiger partial charge on any atom is 0.227 e. The van der Waals surface area contributed by atoms with E-state index in [2.05, 4.69) is 44.8 Å². The Morgan fingerprint density at radius 3 is 2.50 bits per heavy atom. The van der Waals surface area contributed by atoms with Gasteiger partial charge in [0.1, 0.15) is 5.52 Å². The van der Waals surface area contributed by atoms with Crippen molar-refractivity contribution < 1.29 is 4.42 Å². The van der Waals surface area contributed by atoms with Crippen LogP contribution in [0, 0.1) is 0 Å². The molecule has 0 fully saturated rings. The molecule has 0 bridgehead atoms. The molecule has 0 amide bonds. The minimum absolute atomic E-state index is 0.0872. The van der Waals surface area contributed by atoms with E-state index in [4.69, 9.17) is 9.41 Å². The highest BCUT2D eigenvalue weighted by Crippen LogP contribution is 2.26. The number of hydrogen-bond donors (Lipinski definition) is 0. The minimum atomic E-state index is -0.0872. The zero-order valence-electron chi connectivity index (χ0n) is 14.8. The summed E-state index contributed by atoms with van der Waals surface area (Å²) in [5, 5.41) is 0. The second kappa shape index (κ2) is 6.60. The molecule has 24 heavy (non-hydrogen) atoms. The van der Waals surface area contributed by atoms with Crippen molar-refractivity contribution in [2.24, 2.45) is 4.99 Å². The molecule has 3 nitrogen and oxygen atoms in total. The van der Waals surface area contributed by atoms with Gasteiger partial charge in [0.05, 0.1) is 5.54 Å². The number of fused-ring (bicyclic) bond motifs is 1. The maximum absolute atomic E-state index is 5.99. The van der Waals surface area contributed by atoms with Gasteiger partial charge in [0.25, 0.3) is 0 Å². The lowest BCUT2D eigenvalue weighted by Gasteiger charge is -2.16. The van der Waals surface area contributed by atoms with E-state index in [-0.39, 0.29) is 5.54 Å². The molecule has 0 aliphatic rings. The third kappa shape index (κ3) is 3.73. The number of oxazole rings is 1. The van der Waals surface area contributed by atoms with Gasteiger partial charge in [0.15, 0.2) is 5.58 Å². The van der Waals surface area contributed by atoms with Crippen molar-refractivity contribution in [2.75, 3.05) is 0 Å². The van der Waals surface area contributed by atoms with E-state index in [0.29, 0.717) is 5.89 Å². The van der Waals surface area contributed by atoms with Gasteiger partial charge < -0.3 is 4.42 Å². The van der Waals surface area contributed by atoms with Crippen molar-refractivity contribution >= 4 is 16.8 Å². The van der Waals surface area contributed by atoms with E-state index in [1.807, 2.05) is 36.4 Å². The Bertz CT molecular complexity index is 854. The van der Waals surface area contributed by atoms with Crippen LogP contribution in [0.15, 0.2) is 57.9 Å². The molecule has 0 saturated carbocycles. The number of aliphatic imine (C=N–C) groups is 1. The van der Waals surface area contributed by atoms with E-state index in [1.54, 1.807) is 0 Å². The third-order valence-corrected chi connectivity index (χ3v) is 3.70. The van der Waals surface area contributed by atoms with Gasteiger partial charge in [-0.1, -0.05) is 37.6 Å². The Morgan fingerprint density at radius 2 is 1.83 bits per heavy atom. The Balaban J connectivity index is 2.03. The number of rotatable bonds is 4. The lowest BCUT2D eigenvalue weighted by molar-refractivity contribution is 0.581. The second-order valence-corrected chi connectivity index (χ2v) is 7.05. The van der Waals surface area contributed by atoms with Crippen LogP contribution < -0.4 is 0 Å². The van der Waals surface area contributed by atoms with Crippen LogP contribution in [-0.2, 0) is 0 Å². The van der Waals surface area contributed by atoms with Crippen molar-refractivity contribution in [3.05, 3.63) is 54.1 Å². The molecular weight excluding hydrogens is 296 g/mol. The normalized spacial score (nSPS) is 12.8. The van der Waals surface area contributed by atoms with Gasteiger partial charge in [-0.3, -0.25) is 4.99 Å². The molecule has 3 heteroatoms. The van der Waals surface area contributed by atoms with Crippen molar-refractivity contribution in [2.45, 2.75) is 46.1 Å². The molecule has 124 valence electrons. The second-order valence-electron chi connectivity index (χ2n) is 7.05. The quantitative estimate of drug-likeness (QED) is 0.563. The molecule has 0 aliphatic carbocycles. The number of aromatic nitrogens is 1. The molecule has 0 radical (unpaired) electrons. The third-order valence-electron chi connectivity index (χ3n) is 3.70.